The molecule has 0 N–H and O–H groups in total. The van der Waals surface area contributed by atoms with E-state index in [1.807, 2.05) is 57.2 Å². The van der Waals surface area contributed by atoms with Gasteiger partial charge in [-0.25, -0.2) is 4.79 Å². The van der Waals surface area contributed by atoms with Crippen LogP contribution in [0.4, 0.5) is 0 Å². The summed E-state index contributed by atoms with van der Waals surface area (Å²) in [6, 6.07) is 19.8. The maximum Gasteiger partial charge on any atom is 0.331 e. The van der Waals surface area contributed by atoms with Crippen molar-refractivity contribution in [3.8, 4) is 0 Å². The lowest BCUT2D eigenvalue weighted by atomic mass is 9.84. The van der Waals surface area contributed by atoms with Gasteiger partial charge in [0.05, 0.1) is 5.71 Å². The van der Waals surface area contributed by atoms with Gasteiger partial charge >= 0.3 is 5.97 Å². The normalized spacial score (nSPS) is 16.1. The maximum atomic E-state index is 13.1. The number of rotatable bonds is 6. The number of esters is 1. The minimum absolute atomic E-state index is 0.215. The Morgan fingerprint density at radius 3 is 1.93 bits per heavy atom. The van der Waals surface area contributed by atoms with E-state index < -0.39 is 11.6 Å². The van der Waals surface area contributed by atoms with Crippen LogP contribution in [0.25, 0.3) is 0 Å². The molecule has 3 heteroatoms. The van der Waals surface area contributed by atoms with Gasteiger partial charge in [-0.2, -0.15) is 0 Å². The number of hydrogen-bond donors (Lipinski definition) is 0. The Bertz CT molecular complexity index is 758. The Kier molecular flexibility index (Phi) is 7.24. The maximum absolute atomic E-state index is 13.1. The van der Waals surface area contributed by atoms with Crippen molar-refractivity contribution in [1.82, 2.24) is 0 Å². The van der Waals surface area contributed by atoms with Crippen molar-refractivity contribution in [2.75, 3.05) is 0 Å². The molecule has 0 saturated heterocycles. The van der Waals surface area contributed by atoms with E-state index in [9.17, 15) is 4.79 Å². The molecule has 3 nitrogen and oxygen atoms in total. The molecule has 0 spiro atoms. The van der Waals surface area contributed by atoms with Crippen LogP contribution >= 0.6 is 0 Å². The number of hydrogen-bond acceptors (Lipinski definition) is 3. The summed E-state index contributed by atoms with van der Waals surface area (Å²) in [5, 5.41) is 0. The lowest BCUT2D eigenvalue weighted by Gasteiger charge is -2.27. The van der Waals surface area contributed by atoms with Gasteiger partial charge in [0.15, 0.2) is 0 Å². The van der Waals surface area contributed by atoms with E-state index in [2.05, 4.69) is 24.3 Å². The van der Waals surface area contributed by atoms with Crippen LogP contribution in [0.15, 0.2) is 65.7 Å². The summed E-state index contributed by atoms with van der Waals surface area (Å²) in [5.41, 5.74) is 2.39. The number of ether oxygens (including phenoxy) is 1. The Morgan fingerprint density at radius 1 is 0.931 bits per heavy atom. The number of carbonyl (C=O) groups is 1. The second-order valence-corrected chi connectivity index (χ2v) is 9.00. The van der Waals surface area contributed by atoms with Gasteiger partial charge in [-0.3, -0.25) is 4.99 Å². The van der Waals surface area contributed by atoms with Crippen LogP contribution in [0.3, 0.4) is 0 Å². The Morgan fingerprint density at radius 2 is 1.45 bits per heavy atom. The molecule has 1 atom stereocenters. The minimum atomic E-state index is -0.517. The molecule has 0 heterocycles. The highest BCUT2D eigenvalue weighted by Crippen LogP contribution is 2.29. The minimum Gasteiger partial charge on any atom is -0.458 e. The molecular weight excluding hydrogens is 358 g/mol. The molecule has 0 amide bonds. The van der Waals surface area contributed by atoms with Gasteiger partial charge in [-0.15, -0.1) is 0 Å². The molecule has 3 rings (SSSR count). The summed E-state index contributed by atoms with van der Waals surface area (Å²) in [5.74, 6) is 0.324. The van der Waals surface area contributed by atoms with E-state index in [4.69, 9.17) is 9.73 Å². The zero-order valence-corrected chi connectivity index (χ0v) is 17.9. The monoisotopic (exact) mass is 391 g/mol. The van der Waals surface area contributed by atoms with Crippen molar-refractivity contribution < 1.29 is 9.53 Å². The van der Waals surface area contributed by atoms with E-state index in [1.165, 1.54) is 32.1 Å². The van der Waals surface area contributed by atoms with Crippen LogP contribution in [0.1, 0.15) is 70.4 Å². The van der Waals surface area contributed by atoms with E-state index in [0.717, 1.165) is 23.3 Å². The number of aliphatic imine (C=N–C) groups is 1. The van der Waals surface area contributed by atoms with Gasteiger partial charge in [-0.05, 0) is 33.1 Å². The van der Waals surface area contributed by atoms with Crippen molar-refractivity contribution in [3.05, 3.63) is 71.8 Å². The first kappa shape index (κ1) is 21.3. The predicted molar refractivity (Wildman–Crippen MR) is 119 cm³/mol. The lowest BCUT2D eigenvalue weighted by molar-refractivity contribution is -0.156. The van der Waals surface area contributed by atoms with Crippen LogP contribution in [-0.4, -0.2) is 23.3 Å². The summed E-state index contributed by atoms with van der Waals surface area (Å²) in [7, 11) is 0. The molecule has 2 aromatic carbocycles. The fourth-order valence-corrected chi connectivity index (χ4v) is 3.97. The van der Waals surface area contributed by atoms with E-state index in [1.54, 1.807) is 0 Å². The third kappa shape index (κ3) is 6.56. The highest BCUT2D eigenvalue weighted by atomic mass is 16.6. The first-order valence-electron chi connectivity index (χ1n) is 10.8. The van der Waals surface area contributed by atoms with Crippen LogP contribution in [-0.2, 0) is 9.53 Å². The standard InChI is InChI=1S/C26H33NO2/c1-26(2,3)29-25(28)23(19-20-13-7-4-8-14-20)27-24(21-15-9-5-10-16-21)22-17-11-6-12-18-22/h5-6,9-12,15-18,20,23H,4,7-8,13-14,19H2,1-3H3/t23-/m0/s1. The van der Waals surface area contributed by atoms with Gasteiger partial charge in [-0.1, -0.05) is 92.8 Å². The van der Waals surface area contributed by atoms with Gasteiger partial charge < -0.3 is 4.74 Å². The number of benzene rings is 2. The third-order valence-corrected chi connectivity index (χ3v) is 5.34. The van der Waals surface area contributed by atoms with Gasteiger partial charge in [0.1, 0.15) is 11.6 Å². The molecule has 29 heavy (non-hydrogen) atoms. The summed E-state index contributed by atoms with van der Waals surface area (Å²) < 4.78 is 5.77. The van der Waals surface area contributed by atoms with E-state index in [-0.39, 0.29) is 5.97 Å². The van der Waals surface area contributed by atoms with Crippen molar-refractivity contribution in [2.24, 2.45) is 10.9 Å². The van der Waals surface area contributed by atoms with Gasteiger partial charge in [0.25, 0.3) is 0 Å². The first-order valence-corrected chi connectivity index (χ1v) is 10.8. The van der Waals surface area contributed by atoms with Crippen LogP contribution in [0.5, 0.6) is 0 Å². The predicted octanol–water partition coefficient (Wildman–Crippen LogP) is 6.20. The Balaban J connectivity index is 1.97. The molecule has 0 unspecified atom stereocenters. The van der Waals surface area contributed by atoms with Gasteiger partial charge in [0.2, 0.25) is 0 Å². The molecule has 1 aliphatic carbocycles. The second kappa shape index (κ2) is 9.87. The van der Waals surface area contributed by atoms with Crippen molar-refractivity contribution >= 4 is 11.7 Å². The molecule has 0 aliphatic heterocycles. The summed E-state index contributed by atoms with van der Waals surface area (Å²) >= 11 is 0. The molecule has 1 aliphatic rings. The number of carbonyl (C=O) groups excluding carboxylic acids is 1. The summed E-state index contributed by atoms with van der Waals surface area (Å²) in [6.45, 7) is 5.75. The Labute approximate surface area is 175 Å². The quantitative estimate of drug-likeness (QED) is 0.434. The number of nitrogens with zero attached hydrogens (tertiary/aromatic N) is 1. The Hall–Kier alpha value is -2.42. The summed E-state index contributed by atoms with van der Waals surface area (Å²) in [6.07, 6.45) is 6.93. The molecule has 0 aromatic heterocycles. The fourth-order valence-electron chi connectivity index (χ4n) is 3.97. The second-order valence-electron chi connectivity index (χ2n) is 9.00. The molecule has 1 saturated carbocycles. The zero-order valence-electron chi connectivity index (χ0n) is 17.9. The molecule has 0 radical (unpaired) electrons. The van der Waals surface area contributed by atoms with Crippen molar-refractivity contribution in [1.29, 1.82) is 0 Å². The molecular formula is C26H33NO2. The third-order valence-electron chi connectivity index (χ3n) is 5.34. The summed E-state index contributed by atoms with van der Waals surface area (Å²) in [4.78, 5) is 18.1. The van der Waals surface area contributed by atoms with Crippen molar-refractivity contribution in [3.63, 3.8) is 0 Å². The van der Waals surface area contributed by atoms with E-state index in [0.29, 0.717) is 5.92 Å². The average Bonchev–Trinajstić information content (AvgIpc) is 2.72. The van der Waals surface area contributed by atoms with E-state index >= 15 is 0 Å². The molecule has 1 fully saturated rings. The lowest BCUT2D eigenvalue weighted by Crippen LogP contribution is -2.33. The largest absolute Gasteiger partial charge is 0.458 e. The molecule has 154 valence electrons. The van der Waals surface area contributed by atoms with Crippen LogP contribution in [0, 0.1) is 5.92 Å². The highest BCUT2D eigenvalue weighted by Gasteiger charge is 2.29. The van der Waals surface area contributed by atoms with Crippen molar-refractivity contribution in [2.45, 2.75) is 70.9 Å². The topological polar surface area (TPSA) is 38.7 Å². The molecule has 0 bridgehead atoms. The van der Waals surface area contributed by atoms with Crippen LogP contribution < -0.4 is 0 Å². The molecule has 2 aromatic rings. The first-order chi connectivity index (χ1) is 13.9. The zero-order chi connectivity index (χ0) is 20.7. The SMILES string of the molecule is CC(C)(C)OC(=O)[C@H](CC1CCCCC1)N=C(c1ccccc1)c1ccccc1. The average molecular weight is 392 g/mol. The smallest absolute Gasteiger partial charge is 0.331 e. The highest BCUT2D eigenvalue weighted by molar-refractivity contribution is 6.13. The van der Waals surface area contributed by atoms with Gasteiger partial charge in [0, 0.05) is 11.1 Å². The fraction of sp³-hybridized carbons (Fsp3) is 0.462. The van der Waals surface area contributed by atoms with Crippen LogP contribution in [0.2, 0.25) is 0 Å².